The molecule has 0 bridgehead atoms. The molecule has 3 N–H and O–H groups in total. The maximum absolute atomic E-state index is 9.66. The van der Waals surface area contributed by atoms with Crippen LogP contribution in [0.1, 0.15) is 11.4 Å². The van der Waals surface area contributed by atoms with E-state index in [-0.39, 0.29) is 0 Å². The molecule has 2 aromatic heterocycles. The molecule has 1 aliphatic heterocycles. The van der Waals surface area contributed by atoms with Crippen molar-refractivity contribution in [3.05, 3.63) is 65.5 Å². The number of para-hydroxylation sites is 1. The molecule has 0 unspecified atom stereocenters. The van der Waals surface area contributed by atoms with Crippen molar-refractivity contribution in [2.24, 2.45) is 0 Å². The summed E-state index contributed by atoms with van der Waals surface area (Å²) in [5.41, 5.74) is 3.14. The maximum Gasteiger partial charge on any atom is 0.223 e. The normalized spacial score (nSPS) is 14.3. The molecule has 0 aliphatic carbocycles. The monoisotopic (exact) mass is 361 g/mol. The van der Waals surface area contributed by atoms with Gasteiger partial charge in [-0.25, -0.2) is 15.0 Å². The smallest absolute Gasteiger partial charge is 0.223 e. The molecule has 0 atom stereocenters. The van der Waals surface area contributed by atoms with Crippen molar-refractivity contribution in [3.63, 3.8) is 0 Å². The lowest BCUT2D eigenvalue weighted by Gasteiger charge is -2.07. The largest absolute Gasteiger partial charge is 0.354 e. The number of nitriles is 1. The molecular formula is C18H15N7S. The van der Waals surface area contributed by atoms with Gasteiger partial charge in [0.05, 0.1) is 22.7 Å². The molecule has 0 fully saturated rings. The summed E-state index contributed by atoms with van der Waals surface area (Å²) in [6.45, 7) is 0.669. The topological polar surface area (TPSA) is 102 Å². The number of anilines is 2. The van der Waals surface area contributed by atoms with Crippen LogP contribution in [0.25, 0.3) is 5.57 Å². The fraction of sp³-hybridized carbons (Fsp3) is 0.111. The summed E-state index contributed by atoms with van der Waals surface area (Å²) in [6, 6.07) is 12.0. The molecule has 1 aromatic carbocycles. The second-order valence-corrected chi connectivity index (χ2v) is 6.61. The second-order valence-electron chi connectivity index (χ2n) is 5.56. The summed E-state index contributed by atoms with van der Waals surface area (Å²) in [5.74, 6) is 0.496. The number of aromatic amines is 1. The Kier molecular flexibility index (Phi) is 4.53. The number of rotatable bonds is 5. The van der Waals surface area contributed by atoms with Gasteiger partial charge in [0, 0.05) is 35.9 Å². The molecule has 0 radical (unpaired) electrons. The van der Waals surface area contributed by atoms with E-state index >= 15 is 0 Å². The van der Waals surface area contributed by atoms with Crippen LogP contribution in [0.3, 0.4) is 0 Å². The Labute approximate surface area is 154 Å². The summed E-state index contributed by atoms with van der Waals surface area (Å²) in [6.07, 6.45) is 5.89. The van der Waals surface area contributed by atoms with Gasteiger partial charge in [-0.3, -0.25) is 0 Å². The first kappa shape index (κ1) is 16.2. The summed E-state index contributed by atoms with van der Waals surface area (Å²) >= 11 is 1.54. The number of nitrogens with zero attached hydrogens (tertiary/aromatic N) is 4. The number of thioether (sulfide) groups is 1. The van der Waals surface area contributed by atoms with Gasteiger partial charge in [0.1, 0.15) is 11.6 Å². The van der Waals surface area contributed by atoms with Crippen LogP contribution in [0.2, 0.25) is 0 Å². The Morgan fingerprint density at radius 1 is 1.27 bits per heavy atom. The van der Waals surface area contributed by atoms with E-state index in [0.29, 0.717) is 23.8 Å². The summed E-state index contributed by atoms with van der Waals surface area (Å²) < 4.78 is 0. The van der Waals surface area contributed by atoms with E-state index in [0.717, 1.165) is 27.7 Å². The zero-order valence-electron chi connectivity index (χ0n) is 13.7. The standard InChI is InChI=1S/C18H15N7S/c19-9-13(17-24-15-3-1-2-4-16(15)26-17)14-6-8-22-18(25-14)21-7-5-12-10-20-11-23-12/h1-4,6,8,10-11,24H,5,7H2,(H,20,23)(H,21,22,25)/b17-13-. The highest BCUT2D eigenvalue weighted by Gasteiger charge is 2.20. The lowest BCUT2D eigenvalue weighted by molar-refractivity contribution is 0.951. The number of fused-ring (bicyclic) bond motifs is 1. The van der Waals surface area contributed by atoms with Crippen LogP contribution in [-0.2, 0) is 6.42 Å². The van der Waals surface area contributed by atoms with Crippen LogP contribution in [0.4, 0.5) is 11.6 Å². The highest BCUT2D eigenvalue weighted by Crippen LogP contribution is 2.43. The fourth-order valence-electron chi connectivity index (χ4n) is 2.57. The van der Waals surface area contributed by atoms with Gasteiger partial charge < -0.3 is 15.6 Å². The Hall–Kier alpha value is -3.31. The van der Waals surface area contributed by atoms with E-state index < -0.39 is 0 Å². The van der Waals surface area contributed by atoms with Crippen molar-refractivity contribution >= 4 is 29.0 Å². The molecule has 26 heavy (non-hydrogen) atoms. The molecule has 0 spiro atoms. The van der Waals surface area contributed by atoms with Crippen LogP contribution in [0.5, 0.6) is 0 Å². The van der Waals surface area contributed by atoms with Crippen molar-refractivity contribution < 1.29 is 0 Å². The van der Waals surface area contributed by atoms with Gasteiger partial charge in [-0.05, 0) is 18.2 Å². The number of H-pyrrole nitrogens is 1. The van der Waals surface area contributed by atoms with Crippen LogP contribution < -0.4 is 10.6 Å². The zero-order chi connectivity index (χ0) is 17.8. The van der Waals surface area contributed by atoms with E-state index in [1.807, 2.05) is 24.3 Å². The Morgan fingerprint density at radius 2 is 2.19 bits per heavy atom. The number of imidazole rings is 1. The van der Waals surface area contributed by atoms with E-state index in [9.17, 15) is 5.26 Å². The highest BCUT2D eigenvalue weighted by molar-refractivity contribution is 8.04. The lowest BCUT2D eigenvalue weighted by atomic mass is 10.2. The Balaban J connectivity index is 1.52. The van der Waals surface area contributed by atoms with Gasteiger partial charge >= 0.3 is 0 Å². The molecule has 3 heterocycles. The summed E-state index contributed by atoms with van der Waals surface area (Å²) in [5, 5.41) is 16.9. The Morgan fingerprint density at radius 3 is 3.00 bits per heavy atom. The third-order valence-electron chi connectivity index (χ3n) is 3.83. The number of hydrogen-bond donors (Lipinski definition) is 3. The second kappa shape index (κ2) is 7.29. The first-order valence-corrected chi connectivity index (χ1v) is 8.88. The number of allylic oxidation sites excluding steroid dienone is 1. The van der Waals surface area contributed by atoms with Crippen LogP contribution in [-0.4, -0.2) is 26.5 Å². The molecule has 1 aliphatic rings. The predicted octanol–water partition coefficient (Wildman–Crippen LogP) is 3.26. The first-order valence-electron chi connectivity index (χ1n) is 8.06. The van der Waals surface area contributed by atoms with Crippen molar-refractivity contribution in [1.29, 1.82) is 5.26 Å². The molecule has 8 heteroatoms. The molecular weight excluding hydrogens is 346 g/mol. The van der Waals surface area contributed by atoms with Gasteiger partial charge in [0.25, 0.3) is 0 Å². The molecule has 7 nitrogen and oxygen atoms in total. The van der Waals surface area contributed by atoms with E-state index in [4.69, 9.17) is 0 Å². The summed E-state index contributed by atoms with van der Waals surface area (Å²) in [4.78, 5) is 16.9. The molecule has 128 valence electrons. The van der Waals surface area contributed by atoms with Gasteiger partial charge in [0.15, 0.2) is 0 Å². The van der Waals surface area contributed by atoms with Crippen molar-refractivity contribution in [2.75, 3.05) is 17.2 Å². The van der Waals surface area contributed by atoms with Crippen molar-refractivity contribution in [1.82, 2.24) is 19.9 Å². The minimum Gasteiger partial charge on any atom is -0.354 e. The quantitative estimate of drug-likeness (QED) is 0.599. The average molecular weight is 361 g/mol. The van der Waals surface area contributed by atoms with E-state index in [2.05, 4.69) is 36.6 Å². The van der Waals surface area contributed by atoms with Gasteiger partial charge in [0.2, 0.25) is 5.95 Å². The molecule has 0 saturated carbocycles. The molecule has 3 aromatic rings. The predicted molar refractivity (Wildman–Crippen MR) is 101 cm³/mol. The fourth-order valence-corrected chi connectivity index (χ4v) is 3.58. The minimum atomic E-state index is 0.496. The van der Waals surface area contributed by atoms with Crippen molar-refractivity contribution in [2.45, 2.75) is 11.3 Å². The van der Waals surface area contributed by atoms with Gasteiger partial charge in [-0.2, -0.15) is 5.26 Å². The van der Waals surface area contributed by atoms with Crippen LogP contribution in [0, 0.1) is 11.3 Å². The van der Waals surface area contributed by atoms with Crippen LogP contribution in [0.15, 0.2) is 59.0 Å². The van der Waals surface area contributed by atoms with Gasteiger partial charge in [-0.1, -0.05) is 23.9 Å². The number of hydrogen-bond acceptors (Lipinski definition) is 7. The third-order valence-corrected chi connectivity index (χ3v) is 4.92. The molecule has 0 amide bonds. The first-order chi connectivity index (χ1) is 12.8. The van der Waals surface area contributed by atoms with Crippen molar-refractivity contribution in [3.8, 4) is 6.07 Å². The molecule has 4 rings (SSSR count). The average Bonchev–Trinajstić information content (AvgIpc) is 3.32. The van der Waals surface area contributed by atoms with Crippen LogP contribution >= 0.6 is 11.8 Å². The lowest BCUT2D eigenvalue weighted by Crippen LogP contribution is -2.09. The number of nitrogens with one attached hydrogen (secondary N) is 3. The number of aromatic nitrogens is 4. The van der Waals surface area contributed by atoms with E-state index in [1.165, 1.54) is 11.8 Å². The van der Waals surface area contributed by atoms with E-state index in [1.54, 1.807) is 24.8 Å². The minimum absolute atomic E-state index is 0.496. The highest BCUT2D eigenvalue weighted by atomic mass is 32.2. The number of benzene rings is 1. The third kappa shape index (κ3) is 3.38. The summed E-state index contributed by atoms with van der Waals surface area (Å²) in [7, 11) is 0. The van der Waals surface area contributed by atoms with Gasteiger partial charge in [-0.15, -0.1) is 0 Å². The molecule has 0 saturated heterocycles. The maximum atomic E-state index is 9.66. The zero-order valence-corrected chi connectivity index (χ0v) is 14.5. The Bertz CT molecular complexity index is 962. The SMILES string of the molecule is N#C/C(=C1\Nc2ccccc2S1)c1ccnc(NCCc2cnc[nH]2)n1.